The summed E-state index contributed by atoms with van der Waals surface area (Å²) < 4.78 is 37.3. The Hall–Kier alpha value is -1.54. The molecule has 2 nitrogen and oxygen atoms in total. The van der Waals surface area contributed by atoms with E-state index in [1.807, 2.05) is 0 Å². The van der Waals surface area contributed by atoms with Crippen LogP contribution in [0.3, 0.4) is 0 Å². The van der Waals surface area contributed by atoms with E-state index in [1.165, 1.54) is 12.1 Å². The van der Waals surface area contributed by atoms with Crippen LogP contribution in [-0.4, -0.2) is 11.7 Å². The SMILES string of the molecule is N#Cc1ccc(CCO)cc1C(F)(F)F. The molecule has 0 amide bonds. The number of aliphatic hydroxyl groups excluding tert-OH is 1. The summed E-state index contributed by atoms with van der Waals surface area (Å²) >= 11 is 0. The molecular formula is C10H8F3NO. The molecule has 1 rings (SSSR count). The first-order valence-corrected chi connectivity index (χ1v) is 4.20. The fourth-order valence-electron chi connectivity index (χ4n) is 1.21. The second-order valence-electron chi connectivity index (χ2n) is 2.96. The lowest BCUT2D eigenvalue weighted by Gasteiger charge is -2.10. The minimum Gasteiger partial charge on any atom is -0.396 e. The number of hydrogen-bond acceptors (Lipinski definition) is 2. The van der Waals surface area contributed by atoms with Gasteiger partial charge in [-0.1, -0.05) is 6.07 Å². The minimum atomic E-state index is -4.53. The number of halogens is 3. The maximum absolute atomic E-state index is 12.4. The molecule has 0 spiro atoms. The van der Waals surface area contributed by atoms with Gasteiger partial charge in [-0.2, -0.15) is 18.4 Å². The van der Waals surface area contributed by atoms with Gasteiger partial charge in [0, 0.05) is 6.61 Å². The fourth-order valence-corrected chi connectivity index (χ4v) is 1.21. The Kier molecular flexibility index (Phi) is 3.32. The third kappa shape index (κ3) is 2.70. The molecule has 1 aromatic rings. The lowest BCUT2D eigenvalue weighted by Crippen LogP contribution is -2.09. The number of nitriles is 1. The summed E-state index contributed by atoms with van der Waals surface area (Å²) in [5.41, 5.74) is -0.982. The van der Waals surface area contributed by atoms with Crippen LogP contribution in [0.4, 0.5) is 13.2 Å². The van der Waals surface area contributed by atoms with E-state index in [-0.39, 0.29) is 13.0 Å². The average Bonchev–Trinajstić information content (AvgIpc) is 2.17. The number of nitrogens with zero attached hydrogens (tertiary/aromatic N) is 1. The van der Waals surface area contributed by atoms with E-state index in [0.717, 1.165) is 12.1 Å². The van der Waals surface area contributed by atoms with E-state index < -0.39 is 17.3 Å². The second-order valence-corrected chi connectivity index (χ2v) is 2.96. The van der Waals surface area contributed by atoms with Gasteiger partial charge < -0.3 is 5.11 Å². The molecule has 0 saturated carbocycles. The highest BCUT2D eigenvalue weighted by atomic mass is 19.4. The normalized spacial score (nSPS) is 11.1. The van der Waals surface area contributed by atoms with Gasteiger partial charge in [0.1, 0.15) is 0 Å². The van der Waals surface area contributed by atoms with E-state index >= 15 is 0 Å². The number of aliphatic hydroxyl groups is 1. The standard InChI is InChI=1S/C10H8F3NO/c11-10(12,13)9-5-7(3-4-15)1-2-8(9)6-14/h1-2,5,15H,3-4H2. The Morgan fingerprint density at radius 1 is 1.33 bits per heavy atom. The van der Waals surface area contributed by atoms with Gasteiger partial charge in [-0.3, -0.25) is 0 Å². The molecule has 0 unspecified atom stereocenters. The van der Waals surface area contributed by atoms with Crippen molar-refractivity contribution in [3.05, 3.63) is 34.9 Å². The van der Waals surface area contributed by atoms with Crippen molar-refractivity contribution in [2.45, 2.75) is 12.6 Å². The fraction of sp³-hybridized carbons (Fsp3) is 0.300. The predicted molar refractivity (Wildman–Crippen MR) is 46.9 cm³/mol. The zero-order valence-corrected chi connectivity index (χ0v) is 7.67. The molecule has 0 aliphatic rings. The molecule has 0 atom stereocenters. The quantitative estimate of drug-likeness (QED) is 0.821. The van der Waals surface area contributed by atoms with Crippen LogP contribution in [0.15, 0.2) is 18.2 Å². The van der Waals surface area contributed by atoms with Crippen molar-refractivity contribution in [1.29, 1.82) is 5.26 Å². The third-order valence-corrected chi connectivity index (χ3v) is 1.91. The highest BCUT2D eigenvalue weighted by molar-refractivity contribution is 5.42. The van der Waals surface area contributed by atoms with Crippen molar-refractivity contribution < 1.29 is 18.3 Å². The molecule has 5 heteroatoms. The molecule has 0 aromatic heterocycles. The van der Waals surface area contributed by atoms with Gasteiger partial charge in [0.2, 0.25) is 0 Å². The van der Waals surface area contributed by atoms with Gasteiger partial charge in [0.05, 0.1) is 17.2 Å². The first kappa shape index (κ1) is 11.5. The Labute approximate surface area is 84.6 Å². The molecule has 0 fully saturated rings. The molecule has 1 aromatic carbocycles. The van der Waals surface area contributed by atoms with Gasteiger partial charge in [-0.25, -0.2) is 0 Å². The van der Waals surface area contributed by atoms with Crippen LogP contribution in [0.1, 0.15) is 16.7 Å². The number of alkyl halides is 3. The molecule has 0 aliphatic heterocycles. The van der Waals surface area contributed by atoms with Crippen LogP contribution < -0.4 is 0 Å². The molecule has 15 heavy (non-hydrogen) atoms. The van der Waals surface area contributed by atoms with Crippen molar-refractivity contribution >= 4 is 0 Å². The first-order chi connectivity index (χ1) is 6.99. The molecule has 80 valence electrons. The number of rotatable bonds is 2. The van der Waals surface area contributed by atoms with Gasteiger partial charge >= 0.3 is 6.18 Å². The third-order valence-electron chi connectivity index (χ3n) is 1.91. The zero-order valence-electron chi connectivity index (χ0n) is 7.67. The van der Waals surface area contributed by atoms with Gasteiger partial charge in [-0.15, -0.1) is 0 Å². The van der Waals surface area contributed by atoms with Crippen molar-refractivity contribution in [2.24, 2.45) is 0 Å². The topological polar surface area (TPSA) is 44.0 Å². The first-order valence-electron chi connectivity index (χ1n) is 4.20. The van der Waals surface area contributed by atoms with E-state index in [2.05, 4.69) is 0 Å². The van der Waals surface area contributed by atoms with Crippen LogP contribution in [0.2, 0.25) is 0 Å². The summed E-state index contributed by atoms with van der Waals surface area (Å²) in [6.07, 6.45) is -4.38. The summed E-state index contributed by atoms with van der Waals surface area (Å²) in [6.45, 7) is -0.219. The maximum Gasteiger partial charge on any atom is 0.417 e. The van der Waals surface area contributed by atoms with Crippen molar-refractivity contribution in [1.82, 2.24) is 0 Å². The van der Waals surface area contributed by atoms with Crippen molar-refractivity contribution in [3.8, 4) is 6.07 Å². The van der Waals surface area contributed by atoms with Gasteiger partial charge in [0.25, 0.3) is 0 Å². The summed E-state index contributed by atoms with van der Waals surface area (Å²) in [5, 5.41) is 17.1. The van der Waals surface area contributed by atoms with Crippen LogP contribution >= 0.6 is 0 Å². The monoisotopic (exact) mass is 215 g/mol. The van der Waals surface area contributed by atoms with Crippen LogP contribution in [0.25, 0.3) is 0 Å². The Bertz CT molecular complexity index is 393. The smallest absolute Gasteiger partial charge is 0.396 e. The lowest BCUT2D eigenvalue weighted by atomic mass is 10.0. The summed E-state index contributed by atoms with van der Waals surface area (Å²) in [5.74, 6) is 0. The number of hydrogen-bond donors (Lipinski definition) is 1. The highest BCUT2D eigenvalue weighted by Gasteiger charge is 2.33. The van der Waals surface area contributed by atoms with E-state index in [4.69, 9.17) is 10.4 Å². The Balaban J connectivity index is 3.21. The van der Waals surface area contributed by atoms with E-state index in [0.29, 0.717) is 5.56 Å². The molecule has 0 aliphatic carbocycles. The Morgan fingerprint density at radius 3 is 2.47 bits per heavy atom. The van der Waals surface area contributed by atoms with Crippen LogP contribution in [-0.2, 0) is 12.6 Å². The van der Waals surface area contributed by atoms with Gasteiger partial charge in [0.15, 0.2) is 0 Å². The van der Waals surface area contributed by atoms with Crippen molar-refractivity contribution in [2.75, 3.05) is 6.61 Å². The molecule has 1 N–H and O–H groups in total. The largest absolute Gasteiger partial charge is 0.417 e. The van der Waals surface area contributed by atoms with Crippen molar-refractivity contribution in [3.63, 3.8) is 0 Å². The molecule has 0 radical (unpaired) electrons. The average molecular weight is 215 g/mol. The molecule has 0 saturated heterocycles. The minimum absolute atomic E-state index is 0.148. The zero-order chi connectivity index (χ0) is 11.5. The highest BCUT2D eigenvalue weighted by Crippen LogP contribution is 2.32. The van der Waals surface area contributed by atoms with Gasteiger partial charge in [-0.05, 0) is 24.1 Å². The molecule has 0 bridgehead atoms. The maximum atomic E-state index is 12.4. The Morgan fingerprint density at radius 2 is 2.00 bits per heavy atom. The number of benzene rings is 1. The summed E-state index contributed by atoms with van der Waals surface area (Å²) in [4.78, 5) is 0. The molecule has 0 heterocycles. The van der Waals surface area contributed by atoms with Crippen LogP contribution in [0.5, 0.6) is 0 Å². The summed E-state index contributed by atoms with van der Waals surface area (Å²) in [7, 11) is 0. The summed E-state index contributed by atoms with van der Waals surface area (Å²) in [6, 6.07) is 4.91. The second kappa shape index (κ2) is 4.32. The van der Waals surface area contributed by atoms with Crippen LogP contribution in [0, 0.1) is 11.3 Å². The lowest BCUT2D eigenvalue weighted by molar-refractivity contribution is -0.137. The van der Waals surface area contributed by atoms with E-state index in [9.17, 15) is 13.2 Å². The predicted octanol–water partition coefficient (Wildman–Crippen LogP) is 2.11. The van der Waals surface area contributed by atoms with E-state index in [1.54, 1.807) is 0 Å². The molecular weight excluding hydrogens is 207 g/mol.